The minimum atomic E-state index is -0.649. The molecule has 0 bridgehead atoms. The average Bonchev–Trinajstić information content (AvgIpc) is 2.87. The summed E-state index contributed by atoms with van der Waals surface area (Å²) in [5.74, 6) is -1.17. The third-order valence-electron chi connectivity index (χ3n) is 3.59. The minimum absolute atomic E-state index is 0.0799. The second-order valence-corrected chi connectivity index (χ2v) is 7.08. The first-order valence-corrected chi connectivity index (χ1v) is 9.07. The van der Waals surface area contributed by atoms with E-state index in [9.17, 15) is 19.7 Å². The number of aryl methyl sites for hydroxylation is 1. The SMILES string of the molecule is CCOC(=O)c1c(NC(=O)COc2ccc(Cl)cc2[N+](=O)[O-])sc(C)c1C. The summed E-state index contributed by atoms with van der Waals surface area (Å²) in [4.78, 5) is 35.6. The number of nitro benzene ring substituents is 1. The summed E-state index contributed by atoms with van der Waals surface area (Å²) < 4.78 is 10.3. The first kappa shape index (κ1) is 20.7. The van der Waals surface area contributed by atoms with Crippen molar-refractivity contribution in [1.82, 2.24) is 0 Å². The first-order chi connectivity index (χ1) is 12.7. The van der Waals surface area contributed by atoms with Gasteiger partial charge in [-0.3, -0.25) is 14.9 Å². The van der Waals surface area contributed by atoms with Gasteiger partial charge in [0.1, 0.15) is 5.00 Å². The molecule has 2 rings (SSSR count). The van der Waals surface area contributed by atoms with Crippen LogP contribution in [0.5, 0.6) is 5.75 Å². The van der Waals surface area contributed by atoms with Gasteiger partial charge in [0, 0.05) is 16.0 Å². The highest BCUT2D eigenvalue weighted by Crippen LogP contribution is 2.33. The zero-order valence-electron chi connectivity index (χ0n) is 14.8. The van der Waals surface area contributed by atoms with Crippen LogP contribution >= 0.6 is 22.9 Å². The molecule has 144 valence electrons. The fourth-order valence-electron chi connectivity index (χ4n) is 2.23. The highest BCUT2D eigenvalue weighted by Gasteiger charge is 2.23. The summed E-state index contributed by atoms with van der Waals surface area (Å²) >= 11 is 6.98. The standard InChI is InChI=1S/C17H17ClN2O6S/c1-4-25-17(22)15-9(2)10(3)27-16(15)19-14(21)8-26-13-6-5-11(18)7-12(13)20(23)24/h5-7H,4,8H2,1-3H3,(H,19,21). The topological polar surface area (TPSA) is 108 Å². The summed E-state index contributed by atoms with van der Waals surface area (Å²) in [5, 5.41) is 14.2. The Morgan fingerprint density at radius 2 is 2.04 bits per heavy atom. The summed E-state index contributed by atoms with van der Waals surface area (Å²) in [6.07, 6.45) is 0. The fourth-order valence-corrected chi connectivity index (χ4v) is 3.46. The summed E-state index contributed by atoms with van der Waals surface area (Å²) in [5.41, 5.74) is 0.679. The van der Waals surface area contributed by atoms with E-state index in [0.717, 1.165) is 16.5 Å². The number of ether oxygens (including phenoxy) is 2. The Hall–Kier alpha value is -2.65. The van der Waals surface area contributed by atoms with Crippen molar-refractivity contribution in [2.24, 2.45) is 0 Å². The Kier molecular flexibility index (Phi) is 6.75. The molecule has 0 aliphatic rings. The van der Waals surface area contributed by atoms with Gasteiger partial charge >= 0.3 is 11.7 Å². The Balaban J connectivity index is 2.13. The van der Waals surface area contributed by atoms with E-state index in [4.69, 9.17) is 21.1 Å². The third-order valence-corrected chi connectivity index (χ3v) is 4.95. The molecule has 0 saturated heterocycles. The lowest BCUT2D eigenvalue weighted by Crippen LogP contribution is -2.21. The number of nitrogens with zero attached hydrogens (tertiary/aromatic N) is 1. The van der Waals surface area contributed by atoms with Gasteiger partial charge in [-0.05, 0) is 38.5 Å². The Morgan fingerprint density at radius 1 is 1.33 bits per heavy atom. The number of esters is 1. The van der Waals surface area contributed by atoms with Crippen LogP contribution in [0.1, 0.15) is 27.7 Å². The minimum Gasteiger partial charge on any atom is -0.477 e. The maximum atomic E-state index is 12.2. The van der Waals surface area contributed by atoms with E-state index in [1.165, 1.54) is 23.5 Å². The molecule has 1 amide bonds. The molecule has 27 heavy (non-hydrogen) atoms. The van der Waals surface area contributed by atoms with Crippen molar-refractivity contribution in [1.29, 1.82) is 0 Å². The van der Waals surface area contributed by atoms with Gasteiger partial charge in [-0.2, -0.15) is 0 Å². The van der Waals surface area contributed by atoms with Crippen LogP contribution < -0.4 is 10.1 Å². The van der Waals surface area contributed by atoms with E-state index in [-0.39, 0.29) is 23.1 Å². The number of nitro groups is 1. The predicted octanol–water partition coefficient (Wildman–Crippen LogP) is 4.12. The maximum absolute atomic E-state index is 12.2. The van der Waals surface area contributed by atoms with Gasteiger partial charge in [0.2, 0.25) is 0 Å². The molecule has 0 fully saturated rings. The van der Waals surface area contributed by atoms with Crippen LogP contribution in [0, 0.1) is 24.0 Å². The molecule has 0 aliphatic heterocycles. The molecular weight excluding hydrogens is 396 g/mol. The number of nitrogens with one attached hydrogen (secondary N) is 1. The zero-order valence-corrected chi connectivity index (χ0v) is 16.4. The fraction of sp³-hybridized carbons (Fsp3) is 0.294. The molecule has 8 nitrogen and oxygen atoms in total. The molecule has 1 aromatic heterocycles. The van der Waals surface area contributed by atoms with Crippen molar-refractivity contribution in [2.75, 3.05) is 18.5 Å². The van der Waals surface area contributed by atoms with Crippen LogP contribution in [0.3, 0.4) is 0 Å². The number of hydrogen-bond acceptors (Lipinski definition) is 7. The van der Waals surface area contributed by atoms with E-state index in [1.807, 2.05) is 6.92 Å². The van der Waals surface area contributed by atoms with Crippen LogP contribution in [0.15, 0.2) is 18.2 Å². The monoisotopic (exact) mass is 412 g/mol. The largest absolute Gasteiger partial charge is 0.477 e. The summed E-state index contributed by atoms with van der Waals surface area (Å²) in [6, 6.07) is 3.88. The number of carbonyl (C=O) groups excluding carboxylic acids is 2. The van der Waals surface area contributed by atoms with Crippen LogP contribution in [-0.2, 0) is 9.53 Å². The highest BCUT2D eigenvalue weighted by atomic mass is 35.5. The molecule has 0 atom stereocenters. The number of benzene rings is 1. The number of anilines is 1. The van der Waals surface area contributed by atoms with Crippen molar-refractivity contribution in [3.8, 4) is 5.75 Å². The summed E-state index contributed by atoms with van der Waals surface area (Å²) in [6.45, 7) is 5.02. The molecular formula is C17H17ClN2O6S. The quantitative estimate of drug-likeness (QED) is 0.416. The molecule has 0 unspecified atom stereocenters. The van der Waals surface area contributed by atoms with Gasteiger partial charge in [0.15, 0.2) is 12.4 Å². The molecule has 0 spiro atoms. The number of halogens is 1. The molecule has 10 heteroatoms. The van der Waals surface area contributed by atoms with E-state index < -0.39 is 23.4 Å². The Bertz CT molecular complexity index is 896. The lowest BCUT2D eigenvalue weighted by atomic mass is 10.1. The lowest BCUT2D eigenvalue weighted by Gasteiger charge is -2.09. The van der Waals surface area contributed by atoms with E-state index in [2.05, 4.69) is 5.32 Å². The van der Waals surface area contributed by atoms with Gasteiger partial charge in [0.05, 0.1) is 17.1 Å². The van der Waals surface area contributed by atoms with Gasteiger partial charge in [-0.1, -0.05) is 11.6 Å². The smallest absolute Gasteiger partial charge is 0.341 e. The van der Waals surface area contributed by atoms with Crippen molar-refractivity contribution in [3.63, 3.8) is 0 Å². The van der Waals surface area contributed by atoms with Crippen molar-refractivity contribution < 1.29 is 24.0 Å². The lowest BCUT2D eigenvalue weighted by molar-refractivity contribution is -0.385. The number of carbonyl (C=O) groups is 2. The number of hydrogen-bond donors (Lipinski definition) is 1. The number of thiophene rings is 1. The van der Waals surface area contributed by atoms with Crippen LogP contribution in [0.4, 0.5) is 10.7 Å². The molecule has 1 aromatic carbocycles. The van der Waals surface area contributed by atoms with E-state index in [0.29, 0.717) is 10.6 Å². The Morgan fingerprint density at radius 3 is 2.67 bits per heavy atom. The second-order valence-electron chi connectivity index (χ2n) is 5.41. The van der Waals surface area contributed by atoms with Crippen molar-refractivity contribution in [2.45, 2.75) is 20.8 Å². The van der Waals surface area contributed by atoms with Gasteiger partial charge in [-0.25, -0.2) is 4.79 Å². The predicted molar refractivity (Wildman–Crippen MR) is 102 cm³/mol. The summed E-state index contributed by atoms with van der Waals surface area (Å²) in [7, 11) is 0. The molecule has 0 radical (unpaired) electrons. The van der Waals surface area contributed by atoms with Crippen LogP contribution in [0.25, 0.3) is 0 Å². The van der Waals surface area contributed by atoms with E-state index >= 15 is 0 Å². The van der Waals surface area contributed by atoms with Gasteiger partial charge < -0.3 is 14.8 Å². The normalized spacial score (nSPS) is 10.4. The van der Waals surface area contributed by atoms with Crippen LogP contribution in [0.2, 0.25) is 5.02 Å². The van der Waals surface area contributed by atoms with Crippen molar-refractivity contribution >= 4 is 45.5 Å². The van der Waals surface area contributed by atoms with Crippen molar-refractivity contribution in [3.05, 3.63) is 49.3 Å². The molecule has 1 N–H and O–H groups in total. The molecule has 2 aromatic rings. The maximum Gasteiger partial charge on any atom is 0.341 e. The Labute approximate surface area is 164 Å². The van der Waals surface area contributed by atoms with Gasteiger partial charge in [-0.15, -0.1) is 11.3 Å². The molecule has 0 saturated carbocycles. The average molecular weight is 413 g/mol. The number of amides is 1. The second kappa shape index (κ2) is 8.83. The van der Waals surface area contributed by atoms with Gasteiger partial charge in [0.25, 0.3) is 5.91 Å². The highest BCUT2D eigenvalue weighted by molar-refractivity contribution is 7.16. The first-order valence-electron chi connectivity index (χ1n) is 7.88. The number of rotatable bonds is 7. The van der Waals surface area contributed by atoms with Crippen LogP contribution in [-0.4, -0.2) is 30.0 Å². The zero-order chi connectivity index (χ0) is 20.1. The van der Waals surface area contributed by atoms with E-state index in [1.54, 1.807) is 13.8 Å². The third kappa shape index (κ3) is 4.95. The molecule has 1 heterocycles. The molecule has 0 aliphatic carbocycles.